The normalized spacial score (nSPS) is 10.1. The number of benzene rings is 1. The quantitative estimate of drug-likeness (QED) is 0.778. The Bertz CT molecular complexity index is 707. The number of amides is 1. The molecule has 24 heavy (non-hydrogen) atoms. The first-order valence-corrected chi connectivity index (χ1v) is 7.75. The molecule has 0 atom stereocenters. The number of carbonyl (C=O) groups excluding carboxylic acids is 2. The summed E-state index contributed by atoms with van der Waals surface area (Å²) in [5.74, 6) is -0.832. The molecule has 0 aliphatic rings. The van der Waals surface area contributed by atoms with E-state index in [2.05, 4.69) is 10.3 Å². The van der Waals surface area contributed by atoms with Gasteiger partial charge in [0.15, 0.2) is 5.69 Å². The molecule has 0 spiro atoms. The van der Waals surface area contributed by atoms with Crippen molar-refractivity contribution in [3.8, 4) is 5.88 Å². The number of nitrogens with one attached hydrogen (secondary N) is 1. The SMILES string of the molecule is CCOc1ccc(Cl)c(C(=O)NCC(=O)OCc2ccccc2)n1. The molecule has 0 aliphatic heterocycles. The van der Waals surface area contributed by atoms with Crippen LogP contribution in [0.3, 0.4) is 0 Å². The number of nitrogens with zero attached hydrogens (tertiary/aromatic N) is 1. The second-order valence-corrected chi connectivity index (χ2v) is 5.15. The summed E-state index contributed by atoms with van der Waals surface area (Å²) >= 11 is 5.95. The average molecular weight is 349 g/mol. The lowest BCUT2D eigenvalue weighted by molar-refractivity contribution is -0.143. The van der Waals surface area contributed by atoms with Crippen molar-refractivity contribution in [3.63, 3.8) is 0 Å². The first-order valence-electron chi connectivity index (χ1n) is 7.37. The topological polar surface area (TPSA) is 77.5 Å². The van der Waals surface area contributed by atoms with E-state index in [4.69, 9.17) is 21.1 Å². The summed E-state index contributed by atoms with van der Waals surface area (Å²) in [4.78, 5) is 27.8. The molecule has 0 radical (unpaired) electrons. The highest BCUT2D eigenvalue weighted by atomic mass is 35.5. The van der Waals surface area contributed by atoms with Gasteiger partial charge in [-0.1, -0.05) is 41.9 Å². The zero-order valence-corrected chi connectivity index (χ0v) is 13.9. The van der Waals surface area contributed by atoms with Gasteiger partial charge < -0.3 is 14.8 Å². The van der Waals surface area contributed by atoms with Crippen molar-refractivity contribution < 1.29 is 19.1 Å². The van der Waals surface area contributed by atoms with Crippen molar-refractivity contribution in [2.45, 2.75) is 13.5 Å². The van der Waals surface area contributed by atoms with Crippen LogP contribution in [-0.4, -0.2) is 30.0 Å². The second kappa shape index (κ2) is 8.88. The van der Waals surface area contributed by atoms with Crippen molar-refractivity contribution in [3.05, 3.63) is 58.7 Å². The number of ether oxygens (including phenoxy) is 2. The van der Waals surface area contributed by atoms with Crippen LogP contribution in [0.5, 0.6) is 5.88 Å². The Morgan fingerprint density at radius 3 is 2.62 bits per heavy atom. The van der Waals surface area contributed by atoms with E-state index in [9.17, 15) is 9.59 Å². The zero-order chi connectivity index (χ0) is 17.4. The number of aromatic nitrogens is 1. The molecule has 0 unspecified atom stereocenters. The predicted octanol–water partition coefficient (Wildman–Crippen LogP) is 2.61. The van der Waals surface area contributed by atoms with Gasteiger partial charge in [-0.05, 0) is 18.6 Å². The number of hydrogen-bond acceptors (Lipinski definition) is 5. The fraction of sp³-hybridized carbons (Fsp3) is 0.235. The summed E-state index contributed by atoms with van der Waals surface area (Å²) in [6.45, 7) is 2.09. The van der Waals surface area contributed by atoms with E-state index in [1.165, 1.54) is 6.07 Å². The van der Waals surface area contributed by atoms with Crippen LogP contribution >= 0.6 is 11.6 Å². The van der Waals surface area contributed by atoms with Crippen molar-refractivity contribution in [1.29, 1.82) is 0 Å². The van der Waals surface area contributed by atoms with E-state index in [0.717, 1.165) is 5.56 Å². The van der Waals surface area contributed by atoms with Crippen molar-refractivity contribution >= 4 is 23.5 Å². The number of carbonyl (C=O) groups is 2. The molecule has 1 N–H and O–H groups in total. The van der Waals surface area contributed by atoms with Gasteiger partial charge in [0.05, 0.1) is 11.6 Å². The van der Waals surface area contributed by atoms with Crippen LogP contribution in [-0.2, 0) is 16.1 Å². The monoisotopic (exact) mass is 348 g/mol. The summed E-state index contributed by atoms with van der Waals surface area (Å²) in [6, 6.07) is 12.3. The van der Waals surface area contributed by atoms with E-state index in [1.54, 1.807) is 13.0 Å². The van der Waals surface area contributed by atoms with Crippen molar-refractivity contribution in [2.75, 3.05) is 13.2 Å². The lowest BCUT2D eigenvalue weighted by atomic mass is 10.2. The molecule has 1 heterocycles. The van der Waals surface area contributed by atoms with Crippen LogP contribution < -0.4 is 10.1 Å². The summed E-state index contributed by atoms with van der Waals surface area (Å²) in [6.07, 6.45) is 0. The summed E-state index contributed by atoms with van der Waals surface area (Å²) in [7, 11) is 0. The first kappa shape index (κ1) is 17.7. The van der Waals surface area contributed by atoms with Gasteiger partial charge in [-0.3, -0.25) is 9.59 Å². The number of rotatable bonds is 7. The highest BCUT2D eigenvalue weighted by molar-refractivity contribution is 6.33. The molecule has 2 rings (SSSR count). The third-order valence-corrected chi connectivity index (χ3v) is 3.27. The van der Waals surface area contributed by atoms with E-state index in [0.29, 0.717) is 12.5 Å². The van der Waals surface area contributed by atoms with Gasteiger partial charge in [0, 0.05) is 6.07 Å². The Hall–Kier alpha value is -2.60. The van der Waals surface area contributed by atoms with Crippen LogP contribution in [0.4, 0.5) is 0 Å². The maximum atomic E-state index is 12.1. The summed E-state index contributed by atoms with van der Waals surface area (Å²) < 4.78 is 10.3. The minimum atomic E-state index is -0.571. The van der Waals surface area contributed by atoms with E-state index in [-0.39, 0.29) is 23.9 Å². The molecule has 1 aromatic carbocycles. The fourth-order valence-electron chi connectivity index (χ4n) is 1.84. The van der Waals surface area contributed by atoms with Crippen LogP contribution in [0.25, 0.3) is 0 Å². The minimum Gasteiger partial charge on any atom is -0.478 e. The minimum absolute atomic E-state index is 0.00141. The standard InChI is InChI=1S/C17H17ClN2O4/c1-2-23-14-9-8-13(18)16(20-14)17(22)19-10-15(21)24-11-12-6-4-3-5-7-12/h3-9H,2,10-11H2,1H3,(H,19,22). The molecule has 2 aromatic rings. The van der Waals surface area contributed by atoms with Gasteiger partial charge in [-0.2, -0.15) is 0 Å². The van der Waals surface area contributed by atoms with E-state index >= 15 is 0 Å². The summed E-state index contributed by atoms with van der Waals surface area (Å²) in [5.41, 5.74) is 0.866. The molecule has 0 saturated carbocycles. The Morgan fingerprint density at radius 2 is 1.92 bits per heavy atom. The second-order valence-electron chi connectivity index (χ2n) is 4.74. The highest BCUT2D eigenvalue weighted by Crippen LogP contribution is 2.18. The lowest BCUT2D eigenvalue weighted by Crippen LogP contribution is -2.31. The molecular formula is C17H17ClN2O4. The largest absolute Gasteiger partial charge is 0.478 e. The first-order chi connectivity index (χ1) is 11.6. The number of pyridine rings is 1. The molecule has 0 aliphatic carbocycles. The molecule has 0 fully saturated rings. The third kappa shape index (κ3) is 5.24. The third-order valence-electron chi connectivity index (χ3n) is 2.96. The van der Waals surface area contributed by atoms with Crippen LogP contribution in [0, 0.1) is 0 Å². The van der Waals surface area contributed by atoms with Crippen molar-refractivity contribution in [2.24, 2.45) is 0 Å². The Morgan fingerprint density at radius 1 is 1.17 bits per heavy atom. The molecular weight excluding hydrogens is 332 g/mol. The zero-order valence-electron chi connectivity index (χ0n) is 13.1. The van der Waals surface area contributed by atoms with E-state index < -0.39 is 11.9 Å². The Balaban J connectivity index is 1.86. The van der Waals surface area contributed by atoms with Gasteiger partial charge >= 0.3 is 5.97 Å². The molecule has 1 amide bonds. The van der Waals surface area contributed by atoms with Crippen LogP contribution in [0.2, 0.25) is 5.02 Å². The van der Waals surface area contributed by atoms with Gasteiger partial charge in [-0.25, -0.2) is 4.98 Å². The molecule has 0 saturated heterocycles. The molecule has 1 aromatic heterocycles. The maximum Gasteiger partial charge on any atom is 0.325 e. The van der Waals surface area contributed by atoms with Gasteiger partial charge in [0.25, 0.3) is 5.91 Å². The predicted molar refractivity (Wildman–Crippen MR) is 89.0 cm³/mol. The lowest BCUT2D eigenvalue weighted by Gasteiger charge is -2.08. The maximum absolute atomic E-state index is 12.1. The van der Waals surface area contributed by atoms with Gasteiger partial charge in [0.2, 0.25) is 5.88 Å². The van der Waals surface area contributed by atoms with E-state index in [1.807, 2.05) is 30.3 Å². The fourth-order valence-corrected chi connectivity index (χ4v) is 2.03. The molecule has 7 heteroatoms. The Labute approximate surface area is 144 Å². The number of hydrogen-bond donors (Lipinski definition) is 1. The van der Waals surface area contributed by atoms with Crippen molar-refractivity contribution in [1.82, 2.24) is 10.3 Å². The smallest absolute Gasteiger partial charge is 0.325 e. The molecule has 126 valence electrons. The van der Waals surface area contributed by atoms with Crippen LogP contribution in [0.1, 0.15) is 23.0 Å². The number of halogens is 1. The van der Waals surface area contributed by atoms with Gasteiger partial charge in [0.1, 0.15) is 13.2 Å². The highest BCUT2D eigenvalue weighted by Gasteiger charge is 2.15. The summed E-state index contributed by atoms with van der Waals surface area (Å²) in [5, 5.41) is 2.60. The van der Waals surface area contributed by atoms with Gasteiger partial charge in [-0.15, -0.1) is 0 Å². The number of esters is 1. The molecule has 0 bridgehead atoms. The molecule has 6 nitrogen and oxygen atoms in total. The van der Waals surface area contributed by atoms with Crippen LogP contribution in [0.15, 0.2) is 42.5 Å². The average Bonchev–Trinajstić information content (AvgIpc) is 2.60. The Kier molecular flexibility index (Phi) is 6.57.